The molecule has 1 unspecified atom stereocenters. The van der Waals surface area contributed by atoms with Crippen LogP contribution in [0.3, 0.4) is 0 Å². The van der Waals surface area contributed by atoms with Crippen LogP contribution in [0.1, 0.15) is 39.5 Å². The molecule has 1 aliphatic rings. The molecule has 112 valence electrons. The normalized spacial score (nSPS) is 16.5. The van der Waals surface area contributed by atoms with Crippen LogP contribution in [0.4, 0.5) is 0 Å². The Morgan fingerprint density at radius 1 is 1.29 bits per heavy atom. The summed E-state index contributed by atoms with van der Waals surface area (Å²) in [6.07, 6.45) is 2.70. The molecule has 21 heavy (non-hydrogen) atoms. The van der Waals surface area contributed by atoms with Crippen molar-refractivity contribution >= 4 is 6.29 Å². The number of nitrogens with zero attached hydrogens (tertiary/aromatic N) is 1. The standard InChI is InChI=1S/C17H21NO3/c1-3-13(4-2)17(12-18,10-7-11-19)16-20-14-8-5-6-9-15(14)21-16/h5-6,8-9,11,13,16H,3-4,7,10H2,1-2H3. The summed E-state index contributed by atoms with van der Waals surface area (Å²) in [4.78, 5) is 10.8. The average Bonchev–Trinajstić information content (AvgIpc) is 2.96. The van der Waals surface area contributed by atoms with E-state index in [4.69, 9.17) is 9.47 Å². The van der Waals surface area contributed by atoms with Gasteiger partial charge in [-0.05, 0) is 24.5 Å². The second-order valence-electron chi connectivity index (χ2n) is 5.39. The Morgan fingerprint density at radius 2 is 1.86 bits per heavy atom. The molecule has 0 fully saturated rings. The monoisotopic (exact) mass is 287 g/mol. The van der Waals surface area contributed by atoms with Crippen molar-refractivity contribution in [3.05, 3.63) is 24.3 Å². The number of carbonyl (C=O) groups is 1. The molecule has 0 aromatic heterocycles. The van der Waals surface area contributed by atoms with Crippen LogP contribution in [0.15, 0.2) is 24.3 Å². The van der Waals surface area contributed by atoms with Crippen LogP contribution >= 0.6 is 0 Å². The molecule has 0 aliphatic carbocycles. The zero-order valence-corrected chi connectivity index (χ0v) is 12.5. The zero-order chi connectivity index (χ0) is 15.3. The lowest BCUT2D eigenvalue weighted by Crippen LogP contribution is -2.45. The van der Waals surface area contributed by atoms with Gasteiger partial charge in [-0.2, -0.15) is 5.26 Å². The number of carbonyl (C=O) groups excluding carboxylic acids is 1. The summed E-state index contributed by atoms with van der Waals surface area (Å²) >= 11 is 0. The Balaban J connectivity index is 2.32. The van der Waals surface area contributed by atoms with E-state index in [0.29, 0.717) is 24.3 Å². The fraction of sp³-hybridized carbons (Fsp3) is 0.529. The zero-order valence-electron chi connectivity index (χ0n) is 12.5. The maximum atomic E-state index is 10.8. The van der Waals surface area contributed by atoms with E-state index < -0.39 is 11.7 Å². The van der Waals surface area contributed by atoms with Crippen LogP contribution in [0.2, 0.25) is 0 Å². The van der Waals surface area contributed by atoms with Crippen molar-refractivity contribution < 1.29 is 14.3 Å². The van der Waals surface area contributed by atoms with Gasteiger partial charge in [-0.1, -0.05) is 38.8 Å². The van der Waals surface area contributed by atoms with E-state index in [0.717, 1.165) is 19.1 Å². The minimum atomic E-state index is -0.802. The number of nitriles is 1. The fourth-order valence-corrected chi connectivity index (χ4v) is 3.14. The molecule has 1 aromatic rings. The highest BCUT2D eigenvalue weighted by molar-refractivity contribution is 5.49. The van der Waals surface area contributed by atoms with Gasteiger partial charge < -0.3 is 14.3 Å². The number of hydrogen-bond acceptors (Lipinski definition) is 4. The number of benzene rings is 1. The van der Waals surface area contributed by atoms with Gasteiger partial charge in [0.1, 0.15) is 11.7 Å². The molecule has 4 heteroatoms. The molecule has 0 saturated heterocycles. The SMILES string of the molecule is CCC(CC)C(C#N)(CCC=O)C1Oc2ccccc2O1. The fourth-order valence-electron chi connectivity index (χ4n) is 3.14. The summed E-state index contributed by atoms with van der Waals surface area (Å²) in [6, 6.07) is 9.85. The van der Waals surface area contributed by atoms with Crippen molar-refractivity contribution in [2.24, 2.45) is 11.3 Å². The van der Waals surface area contributed by atoms with Crippen LogP contribution in [0, 0.1) is 22.7 Å². The van der Waals surface area contributed by atoms with Crippen molar-refractivity contribution in [2.75, 3.05) is 0 Å². The summed E-state index contributed by atoms with van der Waals surface area (Å²) in [6.45, 7) is 4.12. The first-order valence-corrected chi connectivity index (χ1v) is 7.49. The van der Waals surface area contributed by atoms with Crippen LogP contribution in [-0.2, 0) is 4.79 Å². The number of ether oxygens (including phenoxy) is 2. The number of rotatable bonds is 7. The van der Waals surface area contributed by atoms with E-state index in [9.17, 15) is 10.1 Å². The summed E-state index contributed by atoms with van der Waals surface area (Å²) in [5, 5.41) is 9.85. The Bertz CT molecular complexity index is 508. The predicted octanol–water partition coefficient (Wildman–Crippen LogP) is 3.71. The van der Waals surface area contributed by atoms with Crippen LogP contribution in [-0.4, -0.2) is 12.6 Å². The lowest BCUT2D eigenvalue weighted by Gasteiger charge is -2.36. The van der Waals surface area contributed by atoms with Gasteiger partial charge >= 0.3 is 0 Å². The highest BCUT2D eigenvalue weighted by atomic mass is 16.7. The molecule has 1 aromatic carbocycles. The molecular formula is C17H21NO3. The van der Waals surface area contributed by atoms with E-state index in [2.05, 4.69) is 19.9 Å². The van der Waals surface area contributed by atoms with E-state index in [1.54, 1.807) is 0 Å². The third-order valence-electron chi connectivity index (χ3n) is 4.34. The minimum Gasteiger partial charge on any atom is -0.449 e. The van der Waals surface area contributed by atoms with Gasteiger partial charge in [0.15, 0.2) is 11.5 Å². The van der Waals surface area contributed by atoms with Crippen molar-refractivity contribution in [3.63, 3.8) is 0 Å². The van der Waals surface area contributed by atoms with Gasteiger partial charge in [0.2, 0.25) is 0 Å². The lowest BCUT2D eigenvalue weighted by atomic mass is 9.70. The molecule has 4 nitrogen and oxygen atoms in total. The number of fused-ring (bicyclic) bond motifs is 1. The van der Waals surface area contributed by atoms with Crippen molar-refractivity contribution in [2.45, 2.75) is 45.8 Å². The van der Waals surface area contributed by atoms with E-state index >= 15 is 0 Å². The van der Waals surface area contributed by atoms with E-state index in [1.165, 1.54) is 0 Å². The third kappa shape index (κ3) is 2.73. The molecule has 0 N–H and O–H groups in total. The first kappa shape index (κ1) is 15.4. The Kier molecular flexibility index (Phi) is 4.85. The highest BCUT2D eigenvalue weighted by Gasteiger charge is 2.50. The summed E-state index contributed by atoms with van der Waals surface area (Å²) in [5.41, 5.74) is -0.802. The second kappa shape index (κ2) is 6.62. The molecule has 0 saturated carbocycles. The largest absolute Gasteiger partial charge is 0.449 e. The Morgan fingerprint density at radius 3 is 2.29 bits per heavy atom. The number of aldehydes is 1. The second-order valence-corrected chi connectivity index (χ2v) is 5.39. The quantitative estimate of drug-likeness (QED) is 0.717. The van der Waals surface area contributed by atoms with Crippen molar-refractivity contribution in [1.29, 1.82) is 5.26 Å². The van der Waals surface area contributed by atoms with Crippen LogP contribution in [0.25, 0.3) is 0 Å². The number of hydrogen-bond donors (Lipinski definition) is 0. The predicted molar refractivity (Wildman–Crippen MR) is 78.9 cm³/mol. The molecule has 2 rings (SSSR count). The van der Waals surface area contributed by atoms with E-state index in [-0.39, 0.29) is 5.92 Å². The Hall–Kier alpha value is -2.02. The lowest BCUT2D eigenvalue weighted by molar-refractivity contribution is -0.110. The molecular weight excluding hydrogens is 266 g/mol. The van der Waals surface area contributed by atoms with E-state index in [1.807, 2.05) is 24.3 Å². The molecule has 0 bridgehead atoms. The van der Waals surface area contributed by atoms with Gasteiger partial charge in [0, 0.05) is 6.42 Å². The average molecular weight is 287 g/mol. The first-order valence-electron chi connectivity index (χ1n) is 7.49. The summed E-state index contributed by atoms with van der Waals surface area (Å²) in [7, 11) is 0. The van der Waals surface area contributed by atoms with Gasteiger partial charge in [-0.15, -0.1) is 0 Å². The number of para-hydroxylation sites is 2. The molecule has 1 atom stereocenters. The smallest absolute Gasteiger partial charge is 0.260 e. The van der Waals surface area contributed by atoms with Gasteiger partial charge in [-0.25, -0.2) is 0 Å². The molecule has 1 aliphatic heterocycles. The topological polar surface area (TPSA) is 59.3 Å². The third-order valence-corrected chi connectivity index (χ3v) is 4.34. The van der Waals surface area contributed by atoms with Gasteiger partial charge in [0.25, 0.3) is 6.29 Å². The summed E-state index contributed by atoms with van der Waals surface area (Å²) in [5.74, 6) is 1.46. The maximum absolute atomic E-state index is 10.8. The van der Waals surface area contributed by atoms with Gasteiger partial charge in [0.05, 0.1) is 6.07 Å². The minimum absolute atomic E-state index is 0.127. The molecule has 0 spiro atoms. The molecule has 0 amide bonds. The Labute approximate surface area is 125 Å². The molecule has 0 radical (unpaired) electrons. The van der Waals surface area contributed by atoms with Crippen LogP contribution < -0.4 is 9.47 Å². The van der Waals surface area contributed by atoms with Crippen LogP contribution in [0.5, 0.6) is 11.5 Å². The summed E-state index contributed by atoms with van der Waals surface area (Å²) < 4.78 is 11.8. The molecule has 1 heterocycles. The van der Waals surface area contributed by atoms with Crippen molar-refractivity contribution in [3.8, 4) is 17.6 Å². The first-order chi connectivity index (χ1) is 10.2. The van der Waals surface area contributed by atoms with Crippen molar-refractivity contribution in [1.82, 2.24) is 0 Å². The maximum Gasteiger partial charge on any atom is 0.260 e. The highest BCUT2D eigenvalue weighted by Crippen LogP contribution is 2.47. The van der Waals surface area contributed by atoms with Gasteiger partial charge in [-0.3, -0.25) is 0 Å².